The van der Waals surface area contributed by atoms with E-state index in [1.807, 2.05) is 22.7 Å². The Morgan fingerprint density at radius 1 is 1.15 bits per heavy atom. The van der Waals surface area contributed by atoms with E-state index >= 15 is 0 Å². The van der Waals surface area contributed by atoms with Crippen LogP contribution in [0.3, 0.4) is 0 Å². The molecule has 1 aliphatic carbocycles. The van der Waals surface area contributed by atoms with Gasteiger partial charge in [0.25, 0.3) is 5.56 Å². The summed E-state index contributed by atoms with van der Waals surface area (Å²) in [6, 6.07) is 4.33. The number of H-pyrrole nitrogens is 1. The van der Waals surface area contributed by atoms with Gasteiger partial charge in [-0.1, -0.05) is 6.07 Å². The fourth-order valence-electron chi connectivity index (χ4n) is 4.44. The smallest absolute Gasteiger partial charge is 0.290 e. The highest BCUT2D eigenvalue weighted by molar-refractivity contribution is 5.84. The first-order chi connectivity index (χ1) is 16.6. The van der Waals surface area contributed by atoms with Crippen molar-refractivity contribution in [2.45, 2.75) is 37.8 Å². The Labute approximate surface area is 195 Å². The van der Waals surface area contributed by atoms with Gasteiger partial charge in [0.15, 0.2) is 17.3 Å². The molecule has 1 atom stereocenters. The van der Waals surface area contributed by atoms with Crippen molar-refractivity contribution in [2.75, 3.05) is 28.6 Å². The summed E-state index contributed by atoms with van der Waals surface area (Å²) in [6.45, 7) is 1.93. The zero-order valence-electron chi connectivity index (χ0n) is 18.9. The number of aromatic amines is 1. The van der Waals surface area contributed by atoms with Crippen LogP contribution in [0.1, 0.15) is 36.4 Å². The van der Waals surface area contributed by atoms with E-state index in [1.54, 1.807) is 18.7 Å². The van der Waals surface area contributed by atoms with Crippen LogP contribution in [0.2, 0.25) is 0 Å². The summed E-state index contributed by atoms with van der Waals surface area (Å²) in [5.41, 5.74) is 3.54. The highest BCUT2D eigenvalue weighted by Gasteiger charge is 2.27. The Morgan fingerprint density at radius 2 is 2.06 bits per heavy atom. The predicted octanol–water partition coefficient (Wildman–Crippen LogP) is 2.02. The van der Waals surface area contributed by atoms with Crippen LogP contribution < -0.4 is 21.1 Å². The summed E-state index contributed by atoms with van der Waals surface area (Å²) in [5, 5.41) is 6.84. The molecule has 0 spiro atoms. The zero-order valence-corrected chi connectivity index (χ0v) is 18.9. The van der Waals surface area contributed by atoms with Gasteiger partial charge in [0.1, 0.15) is 5.52 Å². The molecule has 2 fully saturated rings. The number of hydrogen-bond acceptors (Lipinski definition) is 9. The maximum Gasteiger partial charge on any atom is 0.290 e. The Hall–Kier alpha value is -4.02. The highest BCUT2D eigenvalue weighted by Crippen LogP contribution is 2.39. The summed E-state index contributed by atoms with van der Waals surface area (Å²) in [6.07, 6.45) is 10.3. The van der Waals surface area contributed by atoms with Crippen LogP contribution in [0, 0.1) is 0 Å². The largest absolute Gasteiger partial charge is 0.364 e. The van der Waals surface area contributed by atoms with E-state index in [4.69, 9.17) is 4.98 Å². The second kappa shape index (κ2) is 8.40. The van der Waals surface area contributed by atoms with Crippen LogP contribution in [-0.4, -0.2) is 53.6 Å². The quantitative estimate of drug-likeness (QED) is 0.381. The van der Waals surface area contributed by atoms with E-state index in [0.717, 1.165) is 24.2 Å². The molecule has 1 aliphatic heterocycles. The van der Waals surface area contributed by atoms with Gasteiger partial charge in [-0.15, -0.1) is 0 Å². The van der Waals surface area contributed by atoms with E-state index in [1.165, 1.54) is 18.4 Å². The van der Waals surface area contributed by atoms with Gasteiger partial charge in [0, 0.05) is 44.8 Å². The van der Waals surface area contributed by atoms with Crippen molar-refractivity contribution in [3.05, 3.63) is 58.7 Å². The lowest BCUT2D eigenvalue weighted by molar-refractivity contribution is 0.797. The van der Waals surface area contributed by atoms with Gasteiger partial charge in [-0.05, 0) is 36.8 Å². The maximum atomic E-state index is 12.1. The van der Waals surface area contributed by atoms with Crippen LogP contribution in [0.15, 0.2) is 41.8 Å². The molecular formula is C23H26N10O. The number of rotatable bonds is 7. The average molecular weight is 459 g/mol. The maximum absolute atomic E-state index is 12.1. The Kier molecular flexibility index (Phi) is 5.08. The highest BCUT2D eigenvalue weighted by atomic mass is 16.1. The van der Waals surface area contributed by atoms with Gasteiger partial charge in [-0.25, -0.2) is 9.97 Å². The van der Waals surface area contributed by atoms with Crippen molar-refractivity contribution in [3.63, 3.8) is 0 Å². The van der Waals surface area contributed by atoms with Gasteiger partial charge in [0.05, 0.1) is 18.6 Å². The molecule has 0 amide bonds. The molecule has 0 aromatic carbocycles. The van der Waals surface area contributed by atoms with Gasteiger partial charge < -0.3 is 25.1 Å². The van der Waals surface area contributed by atoms with Crippen molar-refractivity contribution in [1.29, 1.82) is 0 Å². The monoisotopic (exact) mass is 458 g/mol. The minimum atomic E-state index is -0.176. The van der Waals surface area contributed by atoms with Crippen LogP contribution in [0.4, 0.5) is 17.6 Å². The van der Waals surface area contributed by atoms with Crippen molar-refractivity contribution >= 4 is 28.7 Å². The summed E-state index contributed by atoms with van der Waals surface area (Å²) in [7, 11) is 1.93. The summed E-state index contributed by atoms with van der Waals surface area (Å²) >= 11 is 0. The van der Waals surface area contributed by atoms with Crippen LogP contribution >= 0.6 is 0 Å². The number of anilines is 3. The van der Waals surface area contributed by atoms with Crippen molar-refractivity contribution in [1.82, 2.24) is 34.5 Å². The van der Waals surface area contributed by atoms with E-state index in [-0.39, 0.29) is 11.6 Å². The van der Waals surface area contributed by atoms with E-state index < -0.39 is 0 Å². The first-order valence-electron chi connectivity index (χ1n) is 11.6. The molecule has 0 bridgehead atoms. The van der Waals surface area contributed by atoms with Crippen LogP contribution in [0.5, 0.6) is 0 Å². The lowest BCUT2D eigenvalue weighted by Gasteiger charge is -2.18. The fraction of sp³-hybridized carbons (Fsp3) is 0.391. The molecule has 2 aliphatic rings. The number of aryl methyl sites for hydroxylation is 1. The first kappa shape index (κ1) is 20.6. The second-order valence-corrected chi connectivity index (χ2v) is 8.95. The predicted molar refractivity (Wildman–Crippen MR) is 129 cm³/mol. The van der Waals surface area contributed by atoms with Gasteiger partial charge in [-0.2, -0.15) is 9.97 Å². The Balaban J connectivity index is 1.19. The molecular weight excluding hydrogens is 432 g/mol. The molecule has 11 nitrogen and oxygen atoms in total. The number of nitrogens with one attached hydrogen (secondary N) is 3. The standard InChI is InChI=1S/C23H26N10O/c1-32-13-28-19-18(32)20(29-17-6-9-33(12-17)21-22(34)25-8-7-24-21)31-23(30-19)27-11-16-5-4-15(10-26-16)14-2-3-14/h4-5,7-8,10,13-14,17H,2-3,6,9,11-12H2,1H3,(H,25,34)(H2,27,29,30,31). The Bertz CT molecular complexity index is 1370. The van der Waals surface area contributed by atoms with Crippen molar-refractivity contribution < 1.29 is 0 Å². The molecule has 34 heavy (non-hydrogen) atoms. The summed E-state index contributed by atoms with van der Waals surface area (Å²) in [4.78, 5) is 39.4. The number of hydrogen-bond donors (Lipinski definition) is 3. The van der Waals surface area contributed by atoms with Crippen LogP contribution in [0.25, 0.3) is 11.2 Å². The number of aromatic nitrogens is 7. The summed E-state index contributed by atoms with van der Waals surface area (Å²) < 4.78 is 1.91. The van der Waals surface area contributed by atoms with Crippen LogP contribution in [-0.2, 0) is 13.6 Å². The molecule has 11 heteroatoms. The zero-order chi connectivity index (χ0) is 23.1. The molecule has 0 radical (unpaired) electrons. The van der Waals surface area contributed by atoms with Gasteiger partial charge in [0.2, 0.25) is 5.95 Å². The summed E-state index contributed by atoms with van der Waals surface area (Å²) in [5.74, 6) is 2.35. The molecule has 1 saturated carbocycles. The number of fused-ring (bicyclic) bond motifs is 1. The number of nitrogens with zero attached hydrogens (tertiary/aromatic N) is 7. The molecule has 5 heterocycles. The molecule has 3 N–H and O–H groups in total. The third kappa shape index (κ3) is 4.04. The second-order valence-electron chi connectivity index (χ2n) is 8.95. The van der Waals surface area contributed by atoms with Gasteiger partial charge >= 0.3 is 0 Å². The molecule has 1 unspecified atom stereocenters. The minimum Gasteiger partial charge on any atom is -0.364 e. The Morgan fingerprint density at radius 3 is 2.85 bits per heavy atom. The fourth-order valence-corrected chi connectivity index (χ4v) is 4.44. The normalized spacial score (nSPS) is 17.9. The molecule has 1 saturated heterocycles. The minimum absolute atomic E-state index is 0.110. The lowest BCUT2D eigenvalue weighted by Crippen LogP contribution is -2.31. The van der Waals surface area contributed by atoms with E-state index in [2.05, 4.69) is 47.7 Å². The first-order valence-corrected chi connectivity index (χ1v) is 11.6. The lowest BCUT2D eigenvalue weighted by atomic mass is 10.2. The SMILES string of the molecule is Cn1cnc2nc(NCc3ccc(C4CC4)cn3)nc(NC3CCN(c4ncc[nH]c4=O)C3)c21. The van der Waals surface area contributed by atoms with E-state index in [0.29, 0.717) is 42.2 Å². The number of imidazole rings is 1. The number of pyridine rings is 1. The van der Waals surface area contributed by atoms with Gasteiger partial charge in [-0.3, -0.25) is 9.78 Å². The average Bonchev–Trinajstić information content (AvgIpc) is 3.49. The molecule has 4 aromatic rings. The topological polar surface area (TPSA) is 130 Å². The molecule has 4 aromatic heterocycles. The molecule has 6 rings (SSSR count). The molecule has 174 valence electrons. The third-order valence-corrected chi connectivity index (χ3v) is 6.41. The van der Waals surface area contributed by atoms with Crippen molar-refractivity contribution in [2.24, 2.45) is 7.05 Å². The van der Waals surface area contributed by atoms with Crippen molar-refractivity contribution in [3.8, 4) is 0 Å². The van der Waals surface area contributed by atoms with E-state index in [9.17, 15) is 4.79 Å². The third-order valence-electron chi connectivity index (χ3n) is 6.41.